The van der Waals surface area contributed by atoms with Crippen LogP contribution in [-0.4, -0.2) is 92.6 Å². The van der Waals surface area contributed by atoms with Crippen molar-refractivity contribution in [1.82, 2.24) is 14.9 Å². The van der Waals surface area contributed by atoms with E-state index < -0.39 is 58.3 Å². The van der Waals surface area contributed by atoms with E-state index in [1.807, 2.05) is 0 Å². The number of nitrogens with one attached hydrogen (secondary N) is 1. The van der Waals surface area contributed by atoms with Gasteiger partial charge < -0.3 is 24.8 Å². The van der Waals surface area contributed by atoms with Crippen molar-refractivity contribution in [2.45, 2.75) is 44.7 Å². The van der Waals surface area contributed by atoms with Crippen molar-refractivity contribution in [2.75, 3.05) is 25.3 Å². The molecule has 3 heterocycles. The fraction of sp³-hybridized carbons (Fsp3) is 0.500. The Morgan fingerprint density at radius 3 is 2.56 bits per heavy atom. The summed E-state index contributed by atoms with van der Waals surface area (Å²) in [6.45, 7) is 6.04. The van der Waals surface area contributed by atoms with Gasteiger partial charge in [0.15, 0.2) is 5.71 Å². The molecule has 0 spiro atoms. The number of carbonyl (C=O) groups excluding carboxylic acids is 5. The van der Waals surface area contributed by atoms with Gasteiger partial charge in [-0.2, -0.15) is 9.72 Å². The second-order valence-corrected chi connectivity index (χ2v) is 11.3. The van der Waals surface area contributed by atoms with Gasteiger partial charge in [0.05, 0.1) is 0 Å². The summed E-state index contributed by atoms with van der Waals surface area (Å²) < 4.78 is 11.0. The average Bonchev–Trinajstić information content (AvgIpc) is 3.21. The molecule has 0 radical (unpaired) electrons. The van der Waals surface area contributed by atoms with Gasteiger partial charge in [0, 0.05) is 23.6 Å². The largest absolute Gasteiger partial charge is 0.461 e. The topological polar surface area (TPSA) is 178 Å². The number of esters is 2. The lowest BCUT2D eigenvalue weighted by Gasteiger charge is -2.49. The molecule has 0 bridgehead atoms. The summed E-state index contributed by atoms with van der Waals surface area (Å²) in [5.41, 5.74) is -1.07. The van der Waals surface area contributed by atoms with E-state index >= 15 is 0 Å². The summed E-state index contributed by atoms with van der Waals surface area (Å²) in [4.78, 5) is 71.7. The zero-order valence-corrected chi connectivity index (χ0v) is 23.9. The average molecular weight is 604 g/mol. The number of thiazole rings is 1. The van der Waals surface area contributed by atoms with Crippen molar-refractivity contribution >= 4 is 70.1 Å². The summed E-state index contributed by atoms with van der Waals surface area (Å²) in [6.07, 6.45) is 0. The van der Waals surface area contributed by atoms with Crippen molar-refractivity contribution in [3.05, 3.63) is 27.1 Å². The van der Waals surface area contributed by atoms with Crippen molar-refractivity contribution in [3.63, 3.8) is 0 Å². The zero-order chi connectivity index (χ0) is 29.1. The molecule has 0 aliphatic carbocycles. The van der Waals surface area contributed by atoms with E-state index in [2.05, 4.69) is 15.5 Å². The third-order valence-corrected chi connectivity index (χ3v) is 7.42. The molecule has 17 heteroatoms. The van der Waals surface area contributed by atoms with Gasteiger partial charge in [-0.05, 0) is 20.8 Å². The van der Waals surface area contributed by atoms with Crippen molar-refractivity contribution in [2.24, 2.45) is 10.1 Å². The highest BCUT2D eigenvalue weighted by Gasteiger charge is 2.55. The highest BCUT2D eigenvalue weighted by atomic mass is 35.5. The second kappa shape index (κ2) is 12.2. The van der Waals surface area contributed by atoms with Crippen LogP contribution in [0.2, 0.25) is 0 Å². The first-order valence-electron chi connectivity index (χ1n) is 11.3. The number of hydrogen-bond acceptors (Lipinski definition) is 12. The maximum atomic E-state index is 13.2. The Bertz CT molecular complexity index is 1330. The molecule has 2 aliphatic rings. The summed E-state index contributed by atoms with van der Waals surface area (Å²) in [5.74, 6) is -3.70. The molecule has 212 valence electrons. The molecule has 0 unspecified atom stereocenters. The first-order valence-corrected chi connectivity index (χ1v) is 13.7. The van der Waals surface area contributed by atoms with Gasteiger partial charge in [-0.3, -0.25) is 24.1 Å². The highest BCUT2D eigenvalue weighted by molar-refractivity contribution is 8.00. The van der Waals surface area contributed by atoms with Crippen LogP contribution in [0.5, 0.6) is 0 Å². The Morgan fingerprint density at radius 2 is 1.97 bits per heavy atom. The molecule has 1 fully saturated rings. The molecule has 14 nitrogen and oxygen atoms in total. The summed E-state index contributed by atoms with van der Waals surface area (Å²) in [7, 11) is 1.18. The van der Waals surface area contributed by atoms with E-state index in [1.165, 1.54) is 36.1 Å². The number of rotatable bonds is 8. The van der Waals surface area contributed by atoms with E-state index in [0.717, 1.165) is 11.3 Å². The molecule has 39 heavy (non-hydrogen) atoms. The quantitative estimate of drug-likeness (QED) is 0.105. The predicted octanol–water partition coefficient (Wildman–Crippen LogP) is 0.362. The van der Waals surface area contributed by atoms with Crippen LogP contribution >= 0.6 is 34.7 Å². The minimum Gasteiger partial charge on any atom is -0.461 e. The van der Waals surface area contributed by atoms with Crippen LogP contribution in [0.1, 0.15) is 33.4 Å². The van der Waals surface area contributed by atoms with Crippen LogP contribution in [-0.2, 0) is 38.3 Å². The Kier molecular flexibility index (Phi) is 9.45. The SMILES string of the molecule is CON=C(C(=O)N[C@@H]1C(=O)N2C(C(=O)OC(C)(C)C)=C(COC(C)=O)CS[C@@H]12)c1csc(=NC(=O)CCl)n1O. The van der Waals surface area contributed by atoms with Gasteiger partial charge >= 0.3 is 11.9 Å². The normalized spacial score (nSPS) is 19.7. The minimum absolute atomic E-state index is 0.0440. The highest BCUT2D eigenvalue weighted by Crippen LogP contribution is 2.41. The minimum atomic E-state index is -1.06. The van der Waals surface area contributed by atoms with E-state index in [-0.39, 0.29) is 28.6 Å². The third-order valence-electron chi connectivity index (χ3n) is 5.04. The van der Waals surface area contributed by atoms with Crippen LogP contribution in [0.25, 0.3) is 0 Å². The number of aromatic nitrogens is 1. The van der Waals surface area contributed by atoms with Gasteiger partial charge in [0.25, 0.3) is 17.7 Å². The molecular weight excluding hydrogens is 578 g/mol. The first-order chi connectivity index (χ1) is 18.3. The zero-order valence-electron chi connectivity index (χ0n) is 21.5. The lowest BCUT2D eigenvalue weighted by atomic mass is 10.0. The molecule has 3 rings (SSSR count). The predicted molar refractivity (Wildman–Crippen MR) is 139 cm³/mol. The summed E-state index contributed by atoms with van der Waals surface area (Å²) >= 11 is 7.53. The van der Waals surface area contributed by atoms with Gasteiger partial charge in [-0.25, -0.2) is 4.79 Å². The molecule has 2 atom stereocenters. The third kappa shape index (κ3) is 6.80. The van der Waals surface area contributed by atoms with E-state index in [0.29, 0.717) is 10.3 Å². The van der Waals surface area contributed by atoms with Crippen LogP contribution in [0.15, 0.2) is 26.8 Å². The Hall–Kier alpha value is -3.37. The van der Waals surface area contributed by atoms with Crippen LogP contribution in [0.4, 0.5) is 0 Å². The summed E-state index contributed by atoms with van der Waals surface area (Å²) in [6, 6.07) is -1.06. The number of carbonyl (C=O) groups is 5. The van der Waals surface area contributed by atoms with Crippen molar-refractivity contribution in [3.8, 4) is 0 Å². The fourth-order valence-corrected chi connectivity index (χ4v) is 5.65. The Balaban J connectivity index is 1.86. The van der Waals surface area contributed by atoms with Crippen LogP contribution in [0, 0.1) is 0 Å². The number of thioether (sulfide) groups is 1. The number of alkyl halides is 1. The lowest BCUT2D eigenvalue weighted by molar-refractivity contribution is -0.159. The Morgan fingerprint density at radius 1 is 1.28 bits per heavy atom. The number of nitrogens with zero attached hydrogens (tertiary/aromatic N) is 4. The van der Waals surface area contributed by atoms with E-state index in [1.54, 1.807) is 20.8 Å². The second-order valence-electron chi connectivity index (χ2n) is 9.07. The van der Waals surface area contributed by atoms with Gasteiger partial charge in [0.2, 0.25) is 4.80 Å². The number of oxime groups is 1. The van der Waals surface area contributed by atoms with Gasteiger partial charge in [0.1, 0.15) is 48.0 Å². The molecular formula is C22H26ClN5O9S2. The number of fused-ring (bicyclic) bond motifs is 1. The lowest BCUT2D eigenvalue weighted by Crippen LogP contribution is -2.71. The summed E-state index contributed by atoms with van der Waals surface area (Å²) in [5, 5.41) is 17.3. The molecule has 0 aromatic carbocycles. The number of hydrogen-bond donors (Lipinski definition) is 2. The van der Waals surface area contributed by atoms with Crippen molar-refractivity contribution < 1.29 is 43.5 Å². The molecule has 3 amide bonds. The van der Waals surface area contributed by atoms with Gasteiger partial charge in [-0.15, -0.1) is 34.7 Å². The van der Waals surface area contributed by atoms with E-state index in [4.69, 9.17) is 25.9 Å². The fourth-order valence-electron chi connectivity index (χ4n) is 3.48. The molecule has 1 saturated heterocycles. The number of halogens is 1. The van der Waals surface area contributed by atoms with Crippen LogP contribution in [0.3, 0.4) is 0 Å². The van der Waals surface area contributed by atoms with Gasteiger partial charge in [-0.1, -0.05) is 5.16 Å². The first kappa shape index (κ1) is 30.2. The molecule has 2 aliphatic heterocycles. The van der Waals surface area contributed by atoms with E-state index in [9.17, 15) is 29.2 Å². The molecule has 0 saturated carbocycles. The molecule has 2 N–H and O–H groups in total. The monoisotopic (exact) mass is 603 g/mol. The number of ether oxygens (including phenoxy) is 2. The van der Waals surface area contributed by atoms with Crippen LogP contribution < -0.4 is 10.1 Å². The number of amides is 3. The van der Waals surface area contributed by atoms with Crippen molar-refractivity contribution in [1.29, 1.82) is 0 Å². The standard InChI is InChI=1S/C22H26ClN5O9S2/c1-10(29)36-7-11-8-38-19-15(18(32)27(19)16(11)20(33)37-22(2,3)4)25-17(31)14(26-35-5)12-9-39-21(28(12)34)24-13(30)6-23/h9,15,19,34H,6-8H2,1-5H3,(H,25,31)/t15-,19+/m1/s1. The number of β-lactam (4-membered cyclic amide) rings is 1. The maximum absolute atomic E-state index is 13.2. The Labute approximate surface area is 235 Å². The maximum Gasteiger partial charge on any atom is 0.355 e. The molecule has 1 aromatic rings. The molecule has 1 aromatic heterocycles. The smallest absolute Gasteiger partial charge is 0.355 e.